The Hall–Kier alpha value is -1.75. The van der Waals surface area contributed by atoms with Gasteiger partial charge in [0.15, 0.2) is 11.5 Å². The van der Waals surface area contributed by atoms with Crippen LogP contribution in [0.3, 0.4) is 0 Å². The van der Waals surface area contributed by atoms with Crippen LogP contribution < -0.4 is 20.5 Å². The molecule has 5 nitrogen and oxygen atoms in total. The molecule has 0 saturated carbocycles. The van der Waals surface area contributed by atoms with Crippen molar-refractivity contribution in [1.29, 1.82) is 0 Å². The van der Waals surface area contributed by atoms with E-state index < -0.39 is 6.04 Å². The molecule has 106 valence electrons. The first-order valence-corrected chi connectivity index (χ1v) is 6.49. The molecule has 0 aliphatic carbocycles. The molecule has 0 heterocycles. The number of nitrogens with two attached hydrogens (primary N) is 1. The molecule has 0 saturated heterocycles. The fourth-order valence-electron chi connectivity index (χ4n) is 1.70. The number of amides is 1. The van der Waals surface area contributed by atoms with Crippen LogP contribution in [-0.4, -0.2) is 25.7 Å². The zero-order valence-electron chi connectivity index (χ0n) is 11.7. The Labute approximate surface area is 114 Å². The van der Waals surface area contributed by atoms with E-state index in [1.165, 1.54) is 0 Å². The van der Waals surface area contributed by atoms with E-state index in [4.69, 9.17) is 15.2 Å². The van der Waals surface area contributed by atoms with Crippen molar-refractivity contribution in [3.63, 3.8) is 0 Å². The van der Waals surface area contributed by atoms with Crippen LogP contribution in [0.1, 0.15) is 26.7 Å². The molecule has 1 aromatic rings. The number of ether oxygens (including phenoxy) is 2. The van der Waals surface area contributed by atoms with Gasteiger partial charge in [0.25, 0.3) is 0 Å². The first kappa shape index (κ1) is 15.3. The predicted octanol–water partition coefficient (Wildman–Crippen LogP) is 2.16. The first-order chi connectivity index (χ1) is 9.12. The van der Waals surface area contributed by atoms with E-state index in [-0.39, 0.29) is 5.91 Å². The average molecular weight is 266 g/mol. The van der Waals surface area contributed by atoms with Gasteiger partial charge in [0.2, 0.25) is 5.91 Å². The summed E-state index contributed by atoms with van der Waals surface area (Å²) in [5.74, 6) is 1.05. The van der Waals surface area contributed by atoms with Crippen molar-refractivity contribution in [2.24, 2.45) is 5.73 Å². The van der Waals surface area contributed by atoms with E-state index in [0.717, 1.165) is 6.42 Å². The molecule has 1 rings (SSSR count). The Bertz CT molecular complexity index is 421. The fraction of sp³-hybridized carbons (Fsp3) is 0.500. The maximum Gasteiger partial charge on any atom is 0.241 e. The van der Waals surface area contributed by atoms with E-state index in [1.54, 1.807) is 25.3 Å². The maximum atomic E-state index is 11.8. The summed E-state index contributed by atoms with van der Waals surface area (Å²) >= 11 is 0. The molecule has 5 heteroatoms. The first-order valence-electron chi connectivity index (χ1n) is 6.49. The summed E-state index contributed by atoms with van der Waals surface area (Å²) in [6, 6.07) is 4.77. The van der Waals surface area contributed by atoms with Crippen molar-refractivity contribution < 1.29 is 14.3 Å². The monoisotopic (exact) mass is 266 g/mol. The van der Waals surface area contributed by atoms with Gasteiger partial charge in [-0.05, 0) is 25.5 Å². The topological polar surface area (TPSA) is 73.6 Å². The highest BCUT2D eigenvalue weighted by Crippen LogP contribution is 2.30. The summed E-state index contributed by atoms with van der Waals surface area (Å²) < 4.78 is 10.6. The summed E-state index contributed by atoms with van der Waals surface area (Å²) in [4.78, 5) is 11.8. The number of hydrogen-bond acceptors (Lipinski definition) is 4. The quantitative estimate of drug-likeness (QED) is 0.793. The minimum absolute atomic E-state index is 0.186. The minimum Gasteiger partial charge on any atom is -0.493 e. The number of nitrogens with one attached hydrogen (secondary N) is 1. The summed E-state index contributed by atoms with van der Waals surface area (Å²) in [5, 5.41) is 2.78. The second kappa shape index (κ2) is 7.63. The summed E-state index contributed by atoms with van der Waals surface area (Å²) in [5.41, 5.74) is 6.41. The number of rotatable bonds is 7. The van der Waals surface area contributed by atoms with Crippen LogP contribution in [0.25, 0.3) is 0 Å². The lowest BCUT2D eigenvalue weighted by Gasteiger charge is -2.14. The molecule has 3 N–H and O–H groups in total. The third-order valence-electron chi connectivity index (χ3n) is 2.67. The van der Waals surface area contributed by atoms with E-state index in [9.17, 15) is 4.79 Å². The number of carbonyl (C=O) groups is 1. The Morgan fingerprint density at radius 1 is 1.37 bits per heavy atom. The molecule has 0 aliphatic heterocycles. The number of methoxy groups -OCH3 is 1. The van der Waals surface area contributed by atoms with Gasteiger partial charge in [-0.2, -0.15) is 0 Å². The lowest BCUT2D eigenvalue weighted by molar-refractivity contribution is -0.117. The zero-order valence-corrected chi connectivity index (χ0v) is 11.7. The molecule has 0 fully saturated rings. The van der Waals surface area contributed by atoms with E-state index >= 15 is 0 Å². The average Bonchev–Trinajstić information content (AvgIpc) is 2.39. The van der Waals surface area contributed by atoms with Crippen molar-refractivity contribution >= 4 is 11.6 Å². The van der Waals surface area contributed by atoms with Gasteiger partial charge in [0.05, 0.1) is 19.8 Å². The Morgan fingerprint density at radius 3 is 2.68 bits per heavy atom. The number of benzene rings is 1. The van der Waals surface area contributed by atoms with Crippen molar-refractivity contribution in [2.45, 2.75) is 32.7 Å². The molecule has 1 amide bonds. The number of anilines is 1. The number of carbonyl (C=O) groups excluding carboxylic acids is 1. The van der Waals surface area contributed by atoms with E-state index in [2.05, 4.69) is 5.32 Å². The molecule has 0 aliphatic rings. The van der Waals surface area contributed by atoms with Crippen LogP contribution in [0.5, 0.6) is 11.5 Å². The van der Waals surface area contributed by atoms with Crippen LogP contribution in [0.15, 0.2) is 18.2 Å². The highest BCUT2D eigenvalue weighted by molar-refractivity contribution is 5.94. The van der Waals surface area contributed by atoms with Crippen molar-refractivity contribution in [3.05, 3.63) is 18.2 Å². The summed E-state index contributed by atoms with van der Waals surface area (Å²) in [6.07, 6.45) is 1.54. The van der Waals surface area contributed by atoms with Gasteiger partial charge in [-0.1, -0.05) is 13.3 Å². The standard InChI is InChI=1S/C14H22N2O3/c1-4-6-11(15)14(17)16-10-7-8-12(18-3)13(9-10)19-5-2/h7-9,11H,4-6,15H2,1-3H3,(H,16,17)/t11-/m0/s1. The molecule has 0 aromatic heterocycles. The van der Waals surface area contributed by atoms with Crippen molar-refractivity contribution in [2.75, 3.05) is 19.0 Å². The Morgan fingerprint density at radius 2 is 2.11 bits per heavy atom. The maximum absolute atomic E-state index is 11.8. The highest BCUT2D eigenvalue weighted by Gasteiger charge is 2.13. The summed E-state index contributed by atoms with van der Waals surface area (Å²) in [7, 11) is 1.58. The van der Waals surface area contributed by atoms with Gasteiger partial charge < -0.3 is 20.5 Å². The highest BCUT2D eigenvalue weighted by atomic mass is 16.5. The van der Waals surface area contributed by atoms with Gasteiger partial charge >= 0.3 is 0 Å². The largest absolute Gasteiger partial charge is 0.493 e. The molecular weight excluding hydrogens is 244 g/mol. The molecule has 0 unspecified atom stereocenters. The van der Waals surface area contributed by atoms with Gasteiger partial charge in [-0.15, -0.1) is 0 Å². The van der Waals surface area contributed by atoms with Crippen LogP contribution in [0.4, 0.5) is 5.69 Å². The van der Waals surface area contributed by atoms with Crippen molar-refractivity contribution in [1.82, 2.24) is 0 Å². The van der Waals surface area contributed by atoms with Gasteiger partial charge in [-0.25, -0.2) is 0 Å². The van der Waals surface area contributed by atoms with Crippen LogP contribution in [0.2, 0.25) is 0 Å². The normalized spacial score (nSPS) is 11.8. The molecule has 0 radical (unpaired) electrons. The van der Waals surface area contributed by atoms with Gasteiger partial charge in [0, 0.05) is 11.8 Å². The molecule has 19 heavy (non-hydrogen) atoms. The third kappa shape index (κ3) is 4.44. The third-order valence-corrected chi connectivity index (χ3v) is 2.67. The van der Waals surface area contributed by atoms with Crippen LogP contribution >= 0.6 is 0 Å². The van der Waals surface area contributed by atoms with Crippen LogP contribution in [-0.2, 0) is 4.79 Å². The van der Waals surface area contributed by atoms with E-state index in [0.29, 0.717) is 30.2 Å². The van der Waals surface area contributed by atoms with Gasteiger partial charge in [-0.3, -0.25) is 4.79 Å². The zero-order chi connectivity index (χ0) is 14.3. The van der Waals surface area contributed by atoms with Crippen LogP contribution in [0, 0.1) is 0 Å². The minimum atomic E-state index is -0.484. The van der Waals surface area contributed by atoms with Gasteiger partial charge in [0.1, 0.15) is 0 Å². The SMILES string of the molecule is CCC[C@H](N)C(=O)Nc1ccc(OC)c(OCC)c1. The molecule has 1 aromatic carbocycles. The summed E-state index contributed by atoms with van der Waals surface area (Å²) in [6.45, 7) is 4.42. The second-order valence-corrected chi connectivity index (χ2v) is 4.18. The predicted molar refractivity (Wildman–Crippen MR) is 75.7 cm³/mol. The fourth-order valence-corrected chi connectivity index (χ4v) is 1.70. The molecule has 0 bridgehead atoms. The Kier molecular flexibility index (Phi) is 6.15. The lowest BCUT2D eigenvalue weighted by Crippen LogP contribution is -2.35. The molecular formula is C14H22N2O3. The molecule has 1 atom stereocenters. The molecule has 0 spiro atoms. The number of hydrogen-bond donors (Lipinski definition) is 2. The lowest BCUT2D eigenvalue weighted by atomic mass is 10.1. The van der Waals surface area contributed by atoms with E-state index in [1.807, 2.05) is 13.8 Å². The second-order valence-electron chi connectivity index (χ2n) is 4.18. The van der Waals surface area contributed by atoms with Crippen molar-refractivity contribution in [3.8, 4) is 11.5 Å². The Balaban J connectivity index is 2.78. The smallest absolute Gasteiger partial charge is 0.241 e.